The molecule has 0 N–H and O–H groups in total. The third-order valence-corrected chi connectivity index (χ3v) is 9.66. The second-order valence-corrected chi connectivity index (χ2v) is 13.9. The highest BCUT2D eigenvalue weighted by Crippen LogP contribution is 2.38. The van der Waals surface area contributed by atoms with Crippen LogP contribution in [0.4, 0.5) is 17.1 Å². The van der Waals surface area contributed by atoms with Crippen molar-refractivity contribution in [3.05, 3.63) is 174 Å². The van der Waals surface area contributed by atoms with Crippen molar-refractivity contribution in [3.8, 4) is 5.75 Å². The summed E-state index contributed by atoms with van der Waals surface area (Å²) in [5, 5.41) is 1.10. The summed E-state index contributed by atoms with van der Waals surface area (Å²) >= 11 is 9.99. The van der Waals surface area contributed by atoms with Crippen LogP contribution in [0.1, 0.15) is 78.3 Å². The number of benzene rings is 3. The number of ether oxygens (including phenoxy) is 1. The summed E-state index contributed by atoms with van der Waals surface area (Å²) in [7, 11) is 0. The first kappa shape index (κ1) is 51.0. The van der Waals surface area contributed by atoms with E-state index in [2.05, 4.69) is 207 Å². The van der Waals surface area contributed by atoms with Gasteiger partial charge < -0.3 is 9.64 Å². The Morgan fingerprint density at radius 2 is 0.783 bits per heavy atom. The first-order chi connectivity index (χ1) is 29.7. The van der Waals surface area contributed by atoms with Crippen LogP contribution >= 0.6 is 83.7 Å². The molecular weight excluding hydrogens is 1150 g/mol. The van der Waals surface area contributed by atoms with Crippen molar-refractivity contribution in [3.63, 3.8) is 0 Å². The summed E-state index contributed by atoms with van der Waals surface area (Å²) in [5.41, 5.74) is 9.75. The number of halogens is 4. The molecule has 0 fully saturated rings. The molecule has 0 unspecified atom stereocenters. The number of aromatic nitrogens is 3. The van der Waals surface area contributed by atoms with E-state index >= 15 is 0 Å². The molecule has 9 heteroatoms. The topological polar surface area (TPSA) is 51.1 Å². The monoisotopic (exact) mass is 1200 g/mol. The molecule has 0 radical (unpaired) electrons. The maximum absolute atomic E-state index is 6.60. The van der Waals surface area contributed by atoms with Gasteiger partial charge in [-0.3, -0.25) is 15.0 Å². The van der Waals surface area contributed by atoms with Crippen LogP contribution in [0.15, 0.2) is 140 Å². The third kappa shape index (κ3) is 18.7. The number of rotatable bonds is 19. The average Bonchev–Trinajstić information content (AvgIpc) is 3.33. The molecule has 0 amide bonds. The third-order valence-electron chi connectivity index (χ3n) is 9.10. The standard InChI is InChI=1S/C48H47BrN4O.3CH3I/c49-30-6-4-2-1-3-5-7-37-54-48-38-47(23-18-44(48)17-12-43-28-35-52-36-29-43)53(45-19-13-39(14-20-45)8-10-41-24-31-50-32-25-41)46-21-15-40(16-22-46)9-11-42-26-33-51-34-27-42;3*1-2/h8-29,31-36,38H,1-7,30,37H2;3*1H3/b10-8+,11-9+,17-12+;;;. The fourth-order valence-electron chi connectivity index (χ4n) is 6.10. The lowest BCUT2D eigenvalue weighted by Gasteiger charge is -2.26. The Morgan fingerprint density at radius 3 is 1.20 bits per heavy atom. The number of pyridine rings is 3. The molecule has 3 aromatic heterocycles. The van der Waals surface area contributed by atoms with E-state index in [9.17, 15) is 0 Å². The second kappa shape index (κ2) is 32.3. The lowest BCUT2D eigenvalue weighted by atomic mass is 10.1. The molecule has 0 bridgehead atoms. The average molecular weight is 1200 g/mol. The van der Waals surface area contributed by atoms with E-state index in [0.29, 0.717) is 6.61 Å². The molecule has 5 nitrogen and oxygen atoms in total. The highest BCUT2D eigenvalue weighted by molar-refractivity contribution is 14.1. The van der Waals surface area contributed by atoms with Gasteiger partial charge in [-0.15, -0.1) is 0 Å². The molecule has 0 aliphatic heterocycles. The predicted octanol–water partition coefficient (Wildman–Crippen LogP) is 16.5. The second-order valence-electron chi connectivity index (χ2n) is 13.1. The number of hydrogen-bond donors (Lipinski definition) is 0. The van der Waals surface area contributed by atoms with Crippen molar-refractivity contribution >= 4 is 137 Å². The Hall–Kier alpha value is -3.40. The summed E-state index contributed by atoms with van der Waals surface area (Å²) in [5.74, 6) is 0.869. The van der Waals surface area contributed by atoms with E-state index < -0.39 is 0 Å². The molecule has 0 aliphatic rings. The number of unbranched alkanes of at least 4 members (excludes halogenated alkanes) is 6. The molecule has 6 aromatic rings. The van der Waals surface area contributed by atoms with E-state index in [1.807, 2.05) is 88.4 Å². The van der Waals surface area contributed by atoms with E-state index in [-0.39, 0.29) is 0 Å². The van der Waals surface area contributed by atoms with Crippen molar-refractivity contribution < 1.29 is 4.74 Å². The lowest BCUT2D eigenvalue weighted by Crippen LogP contribution is -2.10. The van der Waals surface area contributed by atoms with Gasteiger partial charge in [-0.05, 0) is 128 Å². The van der Waals surface area contributed by atoms with Crippen molar-refractivity contribution in [1.29, 1.82) is 0 Å². The normalized spacial score (nSPS) is 10.7. The van der Waals surface area contributed by atoms with Gasteiger partial charge in [-0.2, -0.15) is 0 Å². The summed E-state index contributed by atoms with van der Waals surface area (Å²) in [4.78, 5) is 20.6. The van der Waals surface area contributed by atoms with Crippen molar-refractivity contribution in [1.82, 2.24) is 15.0 Å². The van der Waals surface area contributed by atoms with Gasteiger partial charge in [0.2, 0.25) is 0 Å². The maximum atomic E-state index is 6.60. The molecule has 60 heavy (non-hydrogen) atoms. The Bertz CT molecular complexity index is 1990. The fourth-order valence-corrected chi connectivity index (χ4v) is 6.49. The Kier molecular flexibility index (Phi) is 27.5. The molecule has 3 aromatic carbocycles. The molecule has 0 aliphatic carbocycles. The van der Waals surface area contributed by atoms with E-state index in [1.165, 1.54) is 38.5 Å². The Balaban J connectivity index is 0.00000153. The van der Waals surface area contributed by atoms with E-state index in [1.54, 1.807) is 0 Å². The zero-order chi connectivity index (χ0) is 43.0. The van der Waals surface area contributed by atoms with Gasteiger partial charge in [0.15, 0.2) is 0 Å². The maximum Gasteiger partial charge on any atom is 0.128 e. The lowest BCUT2D eigenvalue weighted by molar-refractivity contribution is 0.304. The predicted molar refractivity (Wildman–Crippen MR) is 292 cm³/mol. The summed E-state index contributed by atoms with van der Waals surface area (Å²) in [6.45, 7) is 0.679. The number of nitrogens with zero attached hydrogens (tertiary/aromatic N) is 4. The molecule has 0 saturated carbocycles. The molecule has 0 saturated heterocycles. The summed E-state index contributed by atoms with van der Waals surface area (Å²) < 4.78 is 6.60. The first-order valence-electron chi connectivity index (χ1n) is 20.0. The van der Waals surface area contributed by atoms with E-state index in [0.717, 1.165) is 67.9 Å². The molecule has 3 heterocycles. The van der Waals surface area contributed by atoms with Gasteiger partial charge in [0, 0.05) is 71.2 Å². The molecule has 314 valence electrons. The van der Waals surface area contributed by atoms with Crippen LogP contribution in [0.25, 0.3) is 36.5 Å². The van der Waals surface area contributed by atoms with Crippen LogP contribution in [0.2, 0.25) is 0 Å². The highest BCUT2D eigenvalue weighted by atomic mass is 127. The molecule has 0 atom stereocenters. The summed E-state index contributed by atoms with van der Waals surface area (Å²) in [6.07, 6.45) is 32.2. The largest absolute Gasteiger partial charge is 0.493 e. The molecule has 0 spiro atoms. The van der Waals surface area contributed by atoms with Gasteiger partial charge in [0.05, 0.1) is 6.61 Å². The van der Waals surface area contributed by atoms with Crippen molar-refractivity contribution in [2.45, 2.75) is 44.9 Å². The van der Waals surface area contributed by atoms with Crippen LogP contribution in [0.3, 0.4) is 0 Å². The minimum Gasteiger partial charge on any atom is -0.493 e. The smallest absolute Gasteiger partial charge is 0.128 e. The number of alkyl halides is 4. The Labute approximate surface area is 408 Å². The first-order valence-corrected chi connectivity index (χ1v) is 27.6. The van der Waals surface area contributed by atoms with Gasteiger partial charge >= 0.3 is 0 Å². The van der Waals surface area contributed by atoms with Crippen LogP contribution in [0.5, 0.6) is 5.75 Å². The van der Waals surface area contributed by atoms with Gasteiger partial charge in [-0.25, -0.2) is 0 Å². The number of hydrogen-bond acceptors (Lipinski definition) is 5. The van der Waals surface area contributed by atoms with Crippen molar-refractivity contribution in [2.75, 3.05) is 31.6 Å². The SMILES string of the molecule is BrCCCCCCCCCOc1cc(N(c2ccc(/C=C/c3ccncc3)cc2)c2ccc(/C=C/c3ccncc3)cc2)ccc1/C=C/c1ccncc1.CI.CI.CI. The quantitative estimate of drug-likeness (QED) is 0.0460. The fraction of sp³-hybridized carbons (Fsp3) is 0.235. The van der Waals surface area contributed by atoms with Crippen LogP contribution in [-0.2, 0) is 0 Å². The molecule has 6 rings (SSSR count). The highest BCUT2D eigenvalue weighted by Gasteiger charge is 2.15. The van der Waals surface area contributed by atoms with E-state index in [4.69, 9.17) is 4.74 Å². The minimum absolute atomic E-state index is 0.679. The molecular formula is C51H56BrI3N4O. The Morgan fingerprint density at radius 1 is 0.433 bits per heavy atom. The zero-order valence-corrected chi connectivity index (χ0v) is 42.9. The zero-order valence-electron chi connectivity index (χ0n) is 34.8. The van der Waals surface area contributed by atoms with Gasteiger partial charge in [0.1, 0.15) is 5.75 Å². The minimum atomic E-state index is 0.679. The van der Waals surface area contributed by atoms with Gasteiger partial charge in [-0.1, -0.05) is 177 Å². The van der Waals surface area contributed by atoms with Gasteiger partial charge in [0.25, 0.3) is 0 Å². The van der Waals surface area contributed by atoms with Crippen LogP contribution < -0.4 is 9.64 Å². The van der Waals surface area contributed by atoms with Crippen molar-refractivity contribution in [2.24, 2.45) is 0 Å². The summed E-state index contributed by atoms with van der Waals surface area (Å²) in [6, 6.07) is 35.9. The number of anilines is 3. The van der Waals surface area contributed by atoms with Crippen LogP contribution in [-0.4, -0.2) is 41.7 Å². The van der Waals surface area contributed by atoms with Crippen LogP contribution in [0, 0.1) is 0 Å².